The van der Waals surface area contributed by atoms with Gasteiger partial charge < -0.3 is 10.6 Å². The Balaban J connectivity index is 1.93. The second kappa shape index (κ2) is 5.53. The summed E-state index contributed by atoms with van der Waals surface area (Å²) in [7, 11) is 0. The molecule has 3 heteroatoms. The van der Waals surface area contributed by atoms with E-state index in [1.165, 1.54) is 5.56 Å². The van der Waals surface area contributed by atoms with Crippen LogP contribution in [0.3, 0.4) is 0 Å². The Morgan fingerprint density at radius 2 is 2.33 bits per heavy atom. The number of benzene rings is 1. The van der Waals surface area contributed by atoms with Gasteiger partial charge >= 0.3 is 0 Å². The normalized spacial score (nSPS) is 21.1. The topological polar surface area (TPSA) is 46.3 Å². The molecule has 1 aromatic rings. The van der Waals surface area contributed by atoms with Crippen LogP contribution >= 0.6 is 0 Å². The van der Waals surface area contributed by atoms with E-state index in [1.807, 2.05) is 24.0 Å². The lowest BCUT2D eigenvalue weighted by Crippen LogP contribution is -2.33. The standard InChI is InChI=1S/C15H22N2O/c1-11-4-3-5-13(8-11)9-15(18)17-7-6-14(10-17)12(2)16/h3-5,8,12,14H,6-7,9-10,16H2,1-2H3. The minimum absolute atomic E-state index is 0.182. The van der Waals surface area contributed by atoms with E-state index in [2.05, 4.69) is 19.1 Å². The van der Waals surface area contributed by atoms with Gasteiger partial charge in [0.1, 0.15) is 0 Å². The first kappa shape index (κ1) is 13.1. The lowest BCUT2D eigenvalue weighted by Gasteiger charge is -2.18. The van der Waals surface area contributed by atoms with Gasteiger partial charge in [0.25, 0.3) is 0 Å². The first-order valence-electron chi connectivity index (χ1n) is 6.65. The number of nitrogens with zero attached hydrogens (tertiary/aromatic N) is 1. The zero-order valence-corrected chi connectivity index (χ0v) is 11.2. The minimum atomic E-state index is 0.182. The fourth-order valence-electron chi connectivity index (χ4n) is 2.55. The molecule has 2 rings (SSSR count). The number of hydrogen-bond donors (Lipinski definition) is 1. The van der Waals surface area contributed by atoms with E-state index in [-0.39, 0.29) is 11.9 Å². The Labute approximate surface area is 109 Å². The number of likely N-dealkylation sites (tertiary alicyclic amines) is 1. The van der Waals surface area contributed by atoms with E-state index in [9.17, 15) is 4.79 Å². The van der Waals surface area contributed by atoms with Gasteiger partial charge in [-0.05, 0) is 31.7 Å². The average molecular weight is 246 g/mol. The van der Waals surface area contributed by atoms with E-state index in [0.717, 1.165) is 25.1 Å². The fourth-order valence-corrected chi connectivity index (χ4v) is 2.55. The van der Waals surface area contributed by atoms with Crippen molar-refractivity contribution in [2.24, 2.45) is 11.7 Å². The van der Waals surface area contributed by atoms with Crippen LogP contribution in [0.15, 0.2) is 24.3 Å². The molecule has 1 fully saturated rings. The monoisotopic (exact) mass is 246 g/mol. The highest BCUT2D eigenvalue weighted by Gasteiger charge is 2.28. The van der Waals surface area contributed by atoms with Gasteiger partial charge in [0, 0.05) is 19.1 Å². The van der Waals surface area contributed by atoms with Crippen LogP contribution in [0.4, 0.5) is 0 Å². The summed E-state index contributed by atoms with van der Waals surface area (Å²) in [6, 6.07) is 8.34. The Morgan fingerprint density at radius 3 is 2.94 bits per heavy atom. The lowest BCUT2D eigenvalue weighted by atomic mass is 10.0. The number of amides is 1. The number of carbonyl (C=O) groups is 1. The Kier molecular flexibility index (Phi) is 4.02. The van der Waals surface area contributed by atoms with Gasteiger partial charge in [0.15, 0.2) is 0 Å². The van der Waals surface area contributed by atoms with Crippen molar-refractivity contribution < 1.29 is 4.79 Å². The molecule has 1 aliphatic heterocycles. The molecule has 2 unspecified atom stereocenters. The molecule has 0 bridgehead atoms. The third-order valence-corrected chi connectivity index (χ3v) is 3.76. The van der Waals surface area contributed by atoms with Crippen molar-refractivity contribution in [3.05, 3.63) is 35.4 Å². The van der Waals surface area contributed by atoms with Crippen LogP contribution in [-0.2, 0) is 11.2 Å². The molecule has 18 heavy (non-hydrogen) atoms. The van der Waals surface area contributed by atoms with E-state index in [1.54, 1.807) is 0 Å². The number of rotatable bonds is 3. The van der Waals surface area contributed by atoms with Gasteiger partial charge in [-0.3, -0.25) is 4.79 Å². The molecule has 0 spiro atoms. The highest BCUT2D eigenvalue weighted by Crippen LogP contribution is 2.19. The Morgan fingerprint density at radius 1 is 1.56 bits per heavy atom. The molecule has 0 saturated carbocycles. The van der Waals surface area contributed by atoms with Crippen LogP contribution in [0.5, 0.6) is 0 Å². The predicted octanol–water partition coefficient (Wildman–Crippen LogP) is 1.73. The summed E-state index contributed by atoms with van der Waals surface area (Å²) in [6.45, 7) is 5.76. The van der Waals surface area contributed by atoms with Crippen molar-refractivity contribution in [2.45, 2.75) is 32.7 Å². The number of carbonyl (C=O) groups excluding carboxylic acids is 1. The lowest BCUT2D eigenvalue weighted by molar-refractivity contribution is -0.129. The Bertz CT molecular complexity index is 428. The van der Waals surface area contributed by atoms with Crippen LogP contribution in [0, 0.1) is 12.8 Å². The quantitative estimate of drug-likeness (QED) is 0.883. The van der Waals surface area contributed by atoms with Crippen molar-refractivity contribution in [1.82, 2.24) is 4.90 Å². The highest BCUT2D eigenvalue weighted by atomic mass is 16.2. The average Bonchev–Trinajstić information content (AvgIpc) is 2.78. The van der Waals surface area contributed by atoms with Crippen molar-refractivity contribution in [3.8, 4) is 0 Å². The molecule has 1 aliphatic rings. The summed E-state index contributed by atoms with van der Waals surface area (Å²) in [5.74, 6) is 0.690. The van der Waals surface area contributed by atoms with E-state index in [4.69, 9.17) is 5.73 Å². The van der Waals surface area contributed by atoms with E-state index < -0.39 is 0 Å². The van der Waals surface area contributed by atoms with Crippen molar-refractivity contribution in [1.29, 1.82) is 0 Å². The molecule has 1 heterocycles. The summed E-state index contributed by atoms with van der Waals surface area (Å²) < 4.78 is 0. The first-order valence-corrected chi connectivity index (χ1v) is 6.65. The number of nitrogens with two attached hydrogens (primary N) is 1. The number of hydrogen-bond acceptors (Lipinski definition) is 2. The predicted molar refractivity (Wildman–Crippen MR) is 73.2 cm³/mol. The smallest absolute Gasteiger partial charge is 0.226 e. The molecule has 0 aliphatic carbocycles. The fraction of sp³-hybridized carbons (Fsp3) is 0.533. The molecule has 98 valence electrons. The molecule has 1 saturated heterocycles. The van der Waals surface area contributed by atoms with Gasteiger partial charge in [-0.2, -0.15) is 0 Å². The third-order valence-electron chi connectivity index (χ3n) is 3.76. The molecule has 2 N–H and O–H groups in total. The van der Waals surface area contributed by atoms with Crippen molar-refractivity contribution in [3.63, 3.8) is 0 Å². The molecule has 1 aromatic carbocycles. The first-order chi connectivity index (χ1) is 8.56. The van der Waals surface area contributed by atoms with Crippen LogP contribution in [0.1, 0.15) is 24.5 Å². The van der Waals surface area contributed by atoms with Crippen LogP contribution in [0.2, 0.25) is 0 Å². The minimum Gasteiger partial charge on any atom is -0.342 e. The van der Waals surface area contributed by atoms with Crippen molar-refractivity contribution >= 4 is 5.91 Å². The maximum Gasteiger partial charge on any atom is 0.226 e. The van der Waals surface area contributed by atoms with Crippen LogP contribution in [-0.4, -0.2) is 29.9 Å². The van der Waals surface area contributed by atoms with Crippen molar-refractivity contribution in [2.75, 3.05) is 13.1 Å². The van der Waals surface area contributed by atoms with Gasteiger partial charge in [0.05, 0.1) is 6.42 Å². The van der Waals surface area contributed by atoms with Gasteiger partial charge in [-0.15, -0.1) is 0 Å². The van der Waals surface area contributed by atoms with Gasteiger partial charge in [-0.1, -0.05) is 29.8 Å². The van der Waals surface area contributed by atoms with E-state index >= 15 is 0 Å². The summed E-state index contributed by atoms with van der Waals surface area (Å²) in [6.07, 6.45) is 1.55. The van der Waals surface area contributed by atoms with Crippen LogP contribution < -0.4 is 5.73 Å². The summed E-state index contributed by atoms with van der Waals surface area (Å²) in [5, 5.41) is 0. The third kappa shape index (κ3) is 3.10. The van der Waals surface area contributed by atoms with Gasteiger partial charge in [0.2, 0.25) is 5.91 Å². The highest BCUT2D eigenvalue weighted by molar-refractivity contribution is 5.79. The summed E-state index contributed by atoms with van der Waals surface area (Å²) in [5.41, 5.74) is 8.20. The molecular formula is C15H22N2O. The largest absolute Gasteiger partial charge is 0.342 e. The molecule has 0 aromatic heterocycles. The Hall–Kier alpha value is -1.35. The molecule has 0 radical (unpaired) electrons. The molecule has 3 nitrogen and oxygen atoms in total. The van der Waals surface area contributed by atoms with E-state index in [0.29, 0.717) is 12.3 Å². The maximum atomic E-state index is 12.2. The van der Waals surface area contributed by atoms with Crippen LogP contribution in [0.25, 0.3) is 0 Å². The zero-order valence-electron chi connectivity index (χ0n) is 11.2. The second-order valence-electron chi connectivity index (χ2n) is 5.41. The number of aryl methyl sites for hydroxylation is 1. The SMILES string of the molecule is Cc1cccc(CC(=O)N2CCC(C(C)N)C2)c1. The second-order valence-corrected chi connectivity index (χ2v) is 5.41. The maximum absolute atomic E-state index is 12.2. The molecule has 2 atom stereocenters. The summed E-state index contributed by atoms with van der Waals surface area (Å²) in [4.78, 5) is 14.1. The summed E-state index contributed by atoms with van der Waals surface area (Å²) >= 11 is 0. The zero-order chi connectivity index (χ0) is 13.1. The van der Waals surface area contributed by atoms with Gasteiger partial charge in [-0.25, -0.2) is 0 Å². The molecule has 1 amide bonds. The molecular weight excluding hydrogens is 224 g/mol.